The number of rotatable bonds is 9. The number of thioether (sulfide) groups is 1. The summed E-state index contributed by atoms with van der Waals surface area (Å²) in [7, 11) is 0. The average molecular weight is 656 g/mol. The number of carbonyl (C=O) groups is 3. The number of para-hydroxylation sites is 2. The minimum Gasteiger partial charge on any atom is -0.321 e. The van der Waals surface area contributed by atoms with E-state index in [2.05, 4.69) is 24.5 Å². The summed E-state index contributed by atoms with van der Waals surface area (Å²) in [5.41, 5.74) is 4.90. The van der Waals surface area contributed by atoms with E-state index in [4.69, 9.17) is 0 Å². The van der Waals surface area contributed by atoms with Gasteiger partial charge in [-0.05, 0) is 83.8 Å². The van der Waals surface area contributed by atoms with Crippen LogP contribution in [0.3, 0.4) is 0 Å². The number of carbonyl (C=O) groups excluding carboxylic acids is 3. The molecule has 0 saturated carbocycles. The van der Waals surface area contributed by atoms with E-state index < -0.39 is 5.91 Å². The number of fused-ring (bicyclic) bond motifs is 2. The van der Waals surface area contributed by atoms with Gasteiger partial charge in [0.1, 0.15) is 5.70 Å². The summed E-state index contributed by atoms with van der Waals surface area (Å²) in [4.78, 5) is 44.8. The Labute approximate surface area is 283 Å². The molecule has 3 amide bonds. The standard InChI is InChI=1S/C39H33N3O3S2/c1-26(2)28-18-16-27(17-19-28)24-32(41-38(44)29-10-4-3-5-11-29)39(45)40-30-20-22-31(23-21-30)46-25-37(43)42-33-12-6-8-14-35(33)47-36-15-9-7-13-34(36)42/h3-24,26H,25H2,1-2H3,(H,40,45)(H,41,44)/b32-24-. The van der Waals surface area contributed by atoms with Gasteiger partial charge in [0.15, 0.2) is 0 Å². The third-order valence-corrected chi connectivity index (χ3v) is 9.73. The normalized spacial score (nSPS) is 12.2. The van der Waals surface area contributed by atoms with Crippen molar-refractivity contribution in [3.05, 3.63) is 150 Å². The van der Waals surface area contributed by atoms with Crippen molar-refractivity contribution in [3.8, 4) is 0 Å². The molecule has 5 aromatic rings. The van der Waals surface area contributed by atoms with Crippen LogP contribution in [0.25, 0.3) is 6.08 Å². The minimum absolute atomic E-state index is 0.0158. The quantitative estimate of drug-likeness (QED) is 0.122. The molecule has 1 aliphatic heterocycles. The molecule has 0 radical (unpaired) electrons. The van der Waals surface area contributed by atoms with E-state index in [1.807, 2.05) is 91.0 Å². The topological polar surface area (TPSA) is 78.5 Å². The molecule has 0 spiro atoms. The fourth-order valence-corrected chi connectivity index (χ4v) is 6.91. The maximum Gasteiger partial charge on any atom is 0.272 e. The minimum atomic E-state index is -0.446. The first kappa shape index (κ1) is 31.9. The highest BCUT2D eigenvalue weighted by molar-refractivity contribution is 8.00. The first-order chi connectivity index (χ1) is 22.9. The highest BCUT2D eigenvalue weighted by Gasteiger charge is 2.27. The molecule has 47 heavy (non-hydrogen) atoms. The Morgan fingerprint density at radius 1 is 0.745 bits per heavy atom. The Kier molecular flexibility index (Phi) is 9.90. The van der Waals surface area contributed by atoms with E-state index in [1.54, 1.807) is 59.1 Å². The van der Waals surface area contributed by atoms with Crippen molar-refractivity contribution in [2.24, 2.45) is 0 Å². The molecule has 1 heterocycles. The molecule has 6 nitrogen and oxygen atoms in total. The Hall–Kier alpha value is -5.05. The fraction of sp³-hybridized carbons (Fsp3) is 0.103. The van der Waals surface area contributed by atoms with E-state index in [-0.39, 0.29) is 23.3 Å². The molecule has 0 saturated heterocycles. The molecule has 2 N–H and O–H groups in total. The number of hydrogen-bond donors (Lipinski definition) is 2. The summed E-state index contributed by atoms with van der Waals surface area (Å²) in [6, 6.07) is 39.9. The number of anilines is 3. The van der Waals surface area contributed by atoms with Crippen molar-refractivity contribution in [1.82, 2.24) is 5.32 Å². The molecule has 0 bridgehead atoms. The number of nitrogens with zero attached hydrogens (tertiary/aromatic N) is 1. The van der Waals surface area contributed by atoms with Crippen LogP contribution in [0, 0.1) is 0 Å². The molecule has 0 fully saturated rings. The summed E-state index contributed by atoms with van der Waals surface area (Å²) in [5, 5.41) is 5.70. The molecule has 234 valence electrons. The summed E-state index contributed by atoms with van der Waals surface area (Å²) in [6.45, 7) is 4.25. The summed E-state index contributed by atoms with van der Waals surface area (Å²) in [6.07, 6.45) is 1.67. The van der Waals surface area contributed by atoms with Crippen molar-refractivity contribution in [1.29, 1.82) is 0 Å². The van der Waals surface area contributed by atoms with Gasteiger partial charge < -0.3 is 10.6 Å². The lowest BCUT2D eigenvalue weighted by molar-refractivity contribution is -0.115. The van der Waals surface area contributed by atoms with E-state index in [0.29, 0.717) is 17.2 Å². The molecule has 6 rings (SSSR count). The Morgan fingerprint density at radius 3 is 1.96 bits per heavy atom. The monoisotopic (exact) mass is 655 g/mol. The van der Waals surface area contributed by atoms with Gasteiger partial charge in [-0.2, -0.15) is 0 Å². The third-order valence-electron chi connectivity index (χ3n) is 7.60. The maximum absolute atomic E-state index is 13.6. The zero-order valence-electron chi connectivity index (χ0n) is 26.0. The zero-order chi connectivity index (χ0) is 32.8. The van der Waals surface area contributed by atoms with Gasteiger partial charge in [-0.15, -0.1) is 11.8 Å². The predicted octanol–water partition coefficient (Wildman–Crippen LogP) is 9.14. The van der Waals surface area contributed by atoms with Gasteiger partial charge >= 0.3 is 0 Å². The highest BCUT2D eigenvalue weighted by Crippen LogP contribution is 2.48. The second kappa shape index (κ2) is 14.6. The van der Waals surface area contributed by atoms with Crippen LogP contribution in [-0.4, -0.2) is 23.5 Å². The van der Waals surface area contributed by atoms with Crippen LogP contribution in [0.4, 0.5) is 17.1 Å². The van der Waals surface area contributed by atoms with Gasteiger partial charge in [0.2, 0.25) is 5.91 Å². The highest BCUT2D eigenvalue weighted by atomic mass is 32.2. The SMILES string of the molecule is CC(C)c1ccc(/C=C(\NC(=O)c2ccccc2)C(=O)Nc2ccc(SCC(=O)N3c4ccccc4Sc4ccccc43)cc2)cc1. The second-order valence-corrected chi connectivity index (χ2v) is 13.4. The lowest BCUT2D eigenvalue weighted by Crippen LogP contribution is -2.30. The van der Waals surface area contributed by atoms with Crippen molar-refractivity contribution >= 4 is 64.4 Å². The molecule has 0 aliphatic carbocycles. The van der Waals surface area contributed by atoms with E-state index in [0.717, 1.165) is 31.6 Å². The van der Waals surface area contributed by atoms with Crippen LogP contribution in [0.1, 0.15) is 41.3 Å². The predicted molar refractivity (Wildman–Crippen MR) is 192 cm³/mol. The molecule has 8 heteroatoms. The van der Waals surface area contributed by atoms with Crippen molar-refractivity contribution in [2.45, 2.75) is 34.5 Å². The molecule has 0 aromatic heterocycles. The van der Waals surface area contributed by atoms with E-state index in [9.17, 15) is 14.4 Å². The van der Waals surface area contributed by atoms with Gasteiger partial charge in [-0.1, -0.05) is 92.3 Å². The van der Waals surface area contributed by atoms with E-state index >= 15 is 0 Å². The van der Waals surface area contributed by atoms with Crippen LogP contribution >= 0.6 is 23.5 Å². The Morgan fingerprint density at radius 2 is 1.34 bits per heavy atom. The number of hydrogen-bond acceptors (Lipinski definition) is 5. The summed E-state index contributed by atoms with van der Waals surface area (Å²) in [5.74, 6) is -0.214. The maximum atomic E-state index is 13.6. The fourth-order valence-electron chi connectivity index (χ4n) is 5.10. The number of amides is 3. The number of nitrogens with one attached hydrogen (secondary N) is 2. The van der Waals surface area contributed by atoms with Gasteiger partial charge in [0, 0.05) is 25.9 Å². The van der Waals surface area contributed by atoms with Crippen LogP contribution in [0.5, 0.6) is 0 Å². The molecular weight excluding hydrogens is 623 g/mol. The van der Waals surface area contributed by atoms with Crippen molar-refractivity contribution in [2.75, 3.05) is 16.0 Å². The summed E-state index contributed by atoms with van der Waals surface area (Å²) >= 11 is 3.10. The lowest BCUT2D eigenvalue weighted by atomic mass is 10.0. The molecular formula is C39H33N3O3S2. The molecule has 1 aliphatic rings. The van der Waals surface area contributed by atoms with Crippen molar-refractivity contribution in [3.63, 3.8) is 0 Å². The summed E-state index contributed by atoms with van der Waals surface area (Å²) < 4.78 is 0. The smallest absolute Gasteiger partial charge is 0.272 e. The van der Waals surface area contributed by atoms with Gasteiger partial charge in [-0.3, -0.25) is 19.3 Å². The van der Waals surface area contributed by atoms with Crippen LogP contribution < -0.4 is 15.5 Å². The third kappa shape index (κ3) is 7.68. The zero-order valence-corrected chi connectivity index (χ0v) is 27.6. The first-order valence-corrected chi connectivity index (χ1v) is 17.1. The van der Waals surface area contributed by atoms with Gasteiger partial charge in [0.05, 0.1) is 17.1 Å². The first-order valence-electron chi connectivity index (χ1n) is 15.3. The Balaban J connectivity index is 1.14. The van der Waals surface area contributed by atoms with Gasteiger partial charge in [-0.25, -0.2) is 0 Å². The van der Waals surface area contributed by atoms with Crippen LogP contribution in [0.15, 0.2) is 148 Å². The van der Waals surface area contributed by atoms with Gasteiger partial charge in [0.25, 0.3) is 11.8 Å². The number of benzene rings is 5. The van der Waals surface area contributed by atoms with E-state index in [1.165, 1.54) is 17.3 Å². The molecule has 5 aromatic carbocycles. The Bertz CT molecular complexity index is 1890. The second-order valence-electron chi connectivity index (χ2n) is 11.2. The van der Waals surface area contributed by atoms with Crippen LogP contribution in [-0.2, 0) is 9.59 Å². The molecule has 0 atom stereocenters. The van der Waals surface area contributed by atoms with Crippen molar-refractivity contribution < 1.29 is 14.4 Å². The largest absolute Gasteiger partial charge is 0.321 e. The lowest BCUT2D eigenvalue weighted by Gasteiger charge is -2.31. The average Bonchev–Trinajstić information content (AvgIpc) is 3.10. The molecule has 0 unspecified atom stereocenters. The van der Waals surface area contributed by atoms with Crippen LogP contribution in [0.2, 0.25) is 0 Å².